The first-order chi connectivity index (χ1) is 11.8. The lowest BCUT2D eigenvalue weighted by Gasteiger charge is -2.30. The highest BCUT2D eigenvalue weighted by Crippen LogP contribution is 2.32. The van der Waals surface area contributed by atoms with Crippen LogP contribution in [0.25, 0.3) is 0 Å². The Kier molecular flexibility index (Phi) is 4.56. The van der Waals surface area contributed by atoms with E-state index >= 15 is 0 Å². The van der Waals surface area contributed by atoms with Crippen molar-refractivity contribution in [3.8, 4) is 0 Å². The molecule has 1 unspecified atom stereocenters. The summed E-state index contributed by atoms with van der Waals surface area (Å²) in [5.74, 6) is -1.09. The van der Waals surface area contributed by atoms with Crippen LogP contribution in [0.15, 0.2) is 48.5 Å². The predicted octanol–water partition coefficient (Wildman–Crippen LogP) is 3.30. The molecule has 1 heterocycles. The van der Waals surface area contributed by atoms with Gasteiger partial charge in [-0.15, -0.1) is 0 Å². The predicted molar refractivity (Wildman–Crippen MR) is 96.7 cm³/mol. The summed E-state index contributed by atoms with van der Waals surface area (Å²) < 4.78 is 13.7. The molecule has 0 aliphatic carbocycles. The number of fused-ring (bicyclic) bond motifs is 1. The molecule has 4 nitrogen and oxygen atoms in total. The lowest BCUT2D eigenvalue weighted by Crippen LogP contribution is -2.46. The van der Waals surface area contributed by atoms with Crippen LogP contribution in [0.3, 0.4) is 0 Å². The first-order valence-electron chi connectivity index (χ1n) is 7.95. The SMILES string of the molecule is CC(C)(S)NC(=O)C(c1cccc(F)c1)N1Cc2ccccc2C1=O. The lowest BCUT2D eigenvalue weighted by atomic mass is 10.0. The van der Waals surface area contributed by atoms with Crippen molar-refractivity contribution in [2.24, 2.45) is 0 Å². The van der Waals surface area contributed by atoms with Crippen molar-refractivity contribution in [2.45, 2.75) is 31.3 Å². The van der Waals surface area contributed by atoms with E-state index in [1.165, 1.54) is 23.1 Å². The minimum atomic E-state index is -0.929. The van der Waals surface area contributed by atoms with Gasteiger partial charge in [0.25, 0.3) is 5.91 Å². The fraction of sp³-hybridized carbons (Fsp3) is 0.263. The number of carbonyl (C=O) groups excluding carboxylic acids is 2. The number of halogens is 1. The normalized spacial score (nSPS) is 15.0. The number of rotatable bonds is 4. The van der Waals surface area contributed by atoms with Crippen LogP contribution < -0.4 is 5.32 Å². The number of nitrogens with one attached hydrogen (secondary N) is 1. The molecule has 0 radical (unpaired) electrons. The van der Waals surface area contributed by atoms with Crippen LogP contribution in [-0.2, 0) is 11.3 Å². The molecule has 2 amide bonds. The van der Waals surface area contributed by atoms with E-state index in [0.29, 0.717) is 17.7 Å². The summed E-state index contributed by atoms with van der Waals surface area (Å²) >= 11 is 4.33. The average Bonchev–Trinajstić information content (AvgIpc) is 2.83. The molecule has 0 aromatic heterocycles. The van der Waals surface area contributed by atoms with Gasteiger partial charge in [-0.1, -0.05) is 30.3 Å². The second kappa shape index (κ2) is 6.52. The molecule has 130 valence electrons. The molecule has 1 atom stereocenters. The number of carbonyl (C=O) groups is 2. The Bertz CT molecular complexity index is 832. The zero-order valence-electron chi connectivity index (χ0n) is 14.0. The van der Waals surface area contributed by atoms with E-state index in [2.05, 4.69) is 17.9 Å². The highest BCUT2D eigenvalue weighted by Gasteiger charge is 2.38. The molecule has 1 N–H and O–H groups in total. The van der Waals surface area contributed by atoms with Crippen LogP contribution >= 0.6 is 12.6 Å². The topological polar surface area (TPSA) is 49.4 Å². The van der Waals surface area contributed by atoms with Gasteiger partial charge >= 0.3 is 0 Å². The minimum Gasteiger partial charge on any atom is -0.340 e. The van der Waals surface area contributed by atoms with Crippen LogP contribution in [0, 0.1) is 5.82 Å². The molecule has 0 saturated carbocycles. The molecule has 2 aromatic rings. The molecule has 0 saturated heterocycles. The monoisotopic (exact) mass is 358 g/mol. The van der Waals surface area contributed by atoms with E-state index in [-0.39, 0.29) is 5.91 Å². The minimum absolute atomic E-state index is 0.239. The maximum absolute atomic E-state index is 13.7. The molecule has 1 aliphatic rings. The zero-order valence-corrected chi connectivity index (χ0v) is 14.9. The molecule has 0 bridgehead atoms. The highest BCUT2D eigenvalue weighted by molar-refractivity contribution is 7.81. The second-order valence-electron chi connectivity index (χ2n) is 6.60. The molecular formula is C19H19FN2O2S. The van der Waals surface area contributed by atoms with E-state index in [1.807, 2.05) is 12.1 Å². The largest absolute Gasteiger partial charge is 0.340 e. The number of benzene rings is 2. The molecular weight excluding hydrogens is 339 g/mol. The van der Waals surface area contributed by atoms with Crippen LogP contribution in [-0.4, -0.2) is 21.6 Å². The van der Waals surface area contributed by atoms with Crippen LogP contribution in [0.5, 0.6) is 0 Å². The van der Waals surface area contributed by atoms with Gasteiger partial charge in [-0.05, 0) is 43.2 Å². The van der Waals surface area contributed by atoms with Crippen LogP contribution in [0.4, 0.5) is 4.39 Å². The Hall–Kier alpha value is -2.34. The molecule has 2 aromatic carbocycles. The summed E-state index contributed by atoms with van der Waals surface area (Å²) in [6, 6.07) is 12.1. The standard InChI is InChI=1S/C19H19FN2O2S/c1-19(2,25)21-17(23)16(12-7-5-8-14(20)10-12)22-11-13-6-3-4-9-15(13)18(22)24/h3-10,16,25H,11H2,1-2H3,(H,21,23). The molecule has 1 aliphatic heterocycles. The lowest BCUT2D eigenvalue weighted by molar-refractivity contribution is -0.126. The van der Waals surface area contributed by atoms with Gasteiger partial charge in [0.2, 0.25) is 5.91 Å². The smallest absolute Gasteiger partial charge is 0.255 e. The first-order valence-corrected chi connectivity index (χ1v) is 8.40. The van der Waals surface area contributed by atoms with Crippen molar-refractivity contribution >= 4 is 24.4 Å². The highest BCUT2D eigenvalue weighted by atomic mass is 32.1. The van der Waals surface area contributed by atoms with Gasteiger partial charge in [-0.25, -0.2) is 4.39 Å². The Balaban J connectivity index is 2.01. The molecule has 0 fully saturated rings. The van der Waals surface area contributed by atoms with Crippen LogP contribution in [0.1, 0.15) is 41.4 Å². The zero-order chi connectivity index (χ0) is 18.2. The maximum Gasteiger partial charge on any atom is 0.255 e. The van der Waals surface area contributed by atoms with Crippen LogP contribution in [0.2, 0.25) is 0 Å². The first kappa shape index (κ1) is 17.5. The van der Waals surface area contributed by atoms with Crippen molar-refractivity contribution in [3.63, 3.8) is 0 Å². The Morgan fingerprint density at radius 2 is 1.96 bits per heavy atom. The van der Waals surface area contributed by atoms with Gasteiger partial charge in [0.15, 0.2) is 0 Å². The Morgan fingerprint density at radius 3 is 2.60 bits per heavy atom. The van der Waals surface area contributed by atoms with E-state index in [1.54, 1.807) is 32.0 Å². The second-order valence-corrected chi connectivity index (χ2v) is 7.71. The third-order valence-electron chi connectivity index (χ3n) is 4.00. The molecule has 3 rings (SSSR count). The van der Waals surface area contributed by atoms with Gasteiger partial charge in [0.05, 0.1) is 4.87 Å². The molecule has 25 heavy (non-hydrogen) atoms. The van der Waals surface area contributed by atoms with Gasteiger partial charge in [0, 0.05) is 12.1 Å². The number of hydrogen-bond donors (Lipinski definition) is 2. The van der Waals surface area contributed by atoms with Gasteiger partial charge in [0.1, 0.15) is 11.9 Å². The Morgan fingerprint density at radius 1 is 1.24 bits per heavy atom. The summed E-state index contributed by atoms with van der Waals surface area (Å²) in [6.45, 7) is 3.77. The fourth-order valence-electron chi connectivity index (χ4n) is 3.00. The number of nitrogens with zero attached hydrogens (tertiary/aromatic N) is 1. The average molecular weight is 358 g/mol. The summed E-state index contributed by atoms with van der Waals surface area (Å²) in [5.41, 5.74) is 1.85. The molecule has 0 spiro atoms. The van der Waals surface area contributed by atoms with Crippen molar-refractivity contribution in [1.29, 1.82) is 0 Å². The summed E-state index contributed by atoms with van der Waals surface area (Å²) in [5, 5.41) is 2.77. The van der Waals surface area contributed by atoms with Gasteiger partial charge in [-0.2, -0.15) is 12.6 Å². The van der Waals surface area contributed by atoms with E-state index < -0.39 is 22.6 Å². The number of thiol groups is 1. The van der Waals surface area contributed by atoms with Crippen molar-refractivity contribution in [1.82, 2.24) is 10.2 Å². The summed E-state index contributed by atoms with van der Waals surface area (Å²) in [4.78, 5) is 26.4. The summed E-state index contributed by atoms with van der Waals surface area (Å²) in [6.07, 6.45) is 0. The van der Waals surface area contributed by atoms with E-state index in [9.17, 15) is 14.0 Å². The fourth-order valence-corrected chi connectivity index (χ4v) is 3.11. The van der Waals surface area contributed by atoms with Gasteiger partial charge < -0.3 is 10.2 Å². The Labute approximate surface area is 151 Å². The van der Waals surface area contributed by atoms with E-state index in [4.69, 9.17) is 0 Å². The summed E-state index contributed by atoms with van der Waals surface area (Å²) in [7, 11) is 0. The van der Waals surface area contributed by atoms with Crippen molar-refractivity contribution < 1.29 is 14.0 Å². The maximum atomic E-state index is 13.7. The quantitative estimate of drug-likeness (QED) is 0.651. The number of hydrogen-bond acceptors (Lipinski definition) is 3. The molecule has 6 heteroatoms. The van der Waals surface area contributed by atoms with Crippen molar-refractivity contribution in [2.75, 3.05) is 0 Å². The third kappa shape index (κ3) is 3.69. The van der Waals surface area contributed by atoms with Gasteiger partial charge in [-0.3, -0.25) is 9.59 Å². The number of amides is 2. The third-order valence-corrected chi connectivity index (χ3v) is 4.11. The van der Waals surface area contributed by atoms with E-state index in [0.717, 1.165) is 5.56 Å². The van der Waals surface area contributed by atoms with Crippen molar-refractivity contribution in [3.05, 3.63) is 71.0 Å².